The number of benzene rings is 1. The van der Waals surface area contributed by atoms with Gasteiger partial charge < -0.3 is 5.73 Å². The highest BCUT2D eigenvalue weighted by molar-refractivity contribution is 14.1. The van der Waals surface area contributed by atoms with Gasteiger partial charge in [0.1, 0.15) is 0 Å². The maximum atomic E-state index is 12.5. The number of nitrogens with two attached hydrogens (primary N) is 1. The van der Waals surface area contributed by atoms with Crippen LogP contribution in [0, 0.1) is 21.8 Å². The molecular formula is C15H16IN3O. The average Bonchev–Trinajstić information content (AvgIpc) is 2.41. The summed E-state index contributed by atoms with van der Waals surface area (Å²) in [6, 6.07) is 7.91. The predicted octanol–water partition coefficient (Wildman–Crippen LogP) is 1.93. The highest BCUT2D eigenvalue weighted by Crippen LogP contribution is 2.39. The van der Waals surface area contributed by atoms with Crippen LogP contribution in [0.4, 0.5) is 0 Å². The van der Waals surface area contributed by atoms with E-state index < -0.39 is 11.5 Å². The standard InChI is InChI=1S/C15H16IN3O/c1-4-6-12-13(20)19(3)14(17)18-15(12,2)10-7-5-8-11(16)9-10/h1,5,7-9,12H,6H2,2-3H3,(H2,17,18)/t12-,15+/m0/s1. The third-order valence-electron chi connectivity index (χ3n) is 3.73. The molecule has 0 saturated carbocycles. The molecule has 0 saturated heterocycles. The van der Waals surface area contributed by atoms with Crippen LogP contribution in [0.2, 0.25) is 0 Å². The third kappa shape index (κ3) is 2.40. The second kappa shape index (κ2) is 5.44. The first kappa shape index (κ1) is 14.9. The van der Waals surface area contributed by atoms with Crippen LogP contribution >= 0.6 is 22.6 Å². The molecule has 0 aliphatic carbocycles. The number of carbonyl (C=O) groups is 1. The number of amides is 1. The fraction of sp³-hybridized carbons (Fsp3) is 0.333. The molecule has 0 aromatic heterocycles. The van der Waals surface area contributed by atoms with Gasteiger partial charge in [0, 0.05) is 17.0 Å². The summed E-state index contributed by atoms with van der Waals surface area (Å²) in [4.78, 5) is 18.4. The van der Waals surface area contributed by atoms with Gasteiger partial charge in [-0.25, -0.2) is 4.99 Å². The van der Waals surface area contributed by atoms with E-state index in [-0.39, 0.29) is 11.9 Å². The van der Waals surface area contributed by atoms with Crippen molar-refractivity contribution in [1.82, 2.24) is 4.90 Å². The van der Waals surface area contributed by atoms with Crippen molar-refractivity contribution in [3.63, 3.8) is 0 Å². The van der Waals surface area contributed by atoms with Crippen LogP contribution in [0.25, 0.3) is 0 Å². The quantitative estimate of drug-likeness (QED) is 0.629. The number of halogens is 1. The molecule has 2 N–H and O–H groups in total. The monoisotopic (exact) mass is 381 g/mol. The van der Waals surface area contributed by atoms with Gasteiger partial charge in [0.2, 0.25) is 5.91 Å². The van der Waals surface area contributed by atoms with E-state index in [0.717, 1.165) is 9.13 Å². The molecule has 1 amide bonds. The molecule has 2 atom stereocenters. The van der Waals surface area contributed by atoms with E-state index in [2.05, 4.69) is 33.5 Å². The lowest BCUT2D eigenvalue weighted by atomic mass is 9.76. The molecule has 1 aliphatic rings. The van der Waals surface area contributed by atoms with E-state index in [4.69, 9.17) is 12.2 Å². The zero-order valence-electron chi connectivity index (χ0n) is 11.4. The van der Waals surface area contributed by atoms with E-state index in [1.807, 2.05) is 31.2 Å². The lowest BCUT2D eigenvalue weighted by Crippen LogP contribution is -2.53. The van der Waals surface area contributed by atoms with Crippen molar-refractivity contribution in [1.29, 1.82) is 0 Å². The second-order valence-electron chi connectivity index (χ2n) is 4.99. The molecule has 4 nitrogen and oxygen atoms in total. The fourth-order valence-corrected chi connectivity index (χ4v) is 2.99. The Balaban J connectivity index is 2.60. The van der Waals surface area contributed by atoms with E-state index in [9.17, 15) is 4.79 Å². The molecule has 2 rings (SSSR count). The Morgan fingerprint density at radius 3 is 2.90 bits per heavy atom. The predicted molar refractivity (Wildman–Crippen MR) is 87.8 cm³/mol. The summed E-state index contributed by atoms with van der Waals surface area (Å²) in [7, 11) is 1.62. The number of hydrogen-bond acceptors (Lipinski definition) is 3. The Labute approximate surface area is 132 Å². The average molecular weight is 381 g/mol. The highest BCUT2D eigenvalue weighted by Gasteiger charge is 2.45. The minimum absolute atomic E-state index is 0.0863. The molecule has 1 aromatic carbocycles. The smallest absolute Gasteiger partial charge is 0.235 e. The SMILES string of the molecule is C#CC[C@H]1C(=O)N(C)C(N)=N[C@]1(C)c1cccc(I)c1. The summed E-state index contributed by atoms with van der Waals surface area (Å²) in [5.74, 6) is 2.32. The van der Waals surface area contributed by atoms with Crippen molar-refractivity contribution >= 4 is 34.5 Å². The van der Waals surface area contributed by atoms with Crippen LogP contribution in [0.3, 0.4) is 0 Å². The summed E-state index contributed by atoms with van der Waals surface area (Å²) in [5, 5.41) is 0. The van der Waals surface area contributed by atoms with Crippen LogP contribution in [0.1, 0.15) is 18.9 Å². The molecule has 1 aliphatic heterocycles. The number of terminal acetylenes is 1. The molecule has 20 heavy (non-hydrogen) atoms. The topological polar surface area (TPSA) is 58.7 Å². The van der Waals surface area contributed by atoms with Crippen LogP contribution in [-0.4, -0.2) is 23.8 Å². The zero-order valence-corrected chi connectivity index (χ0v) is 13.6. The van der Waals surface area contributed by atoms with Gasteiger partial charge in [-0.2, -0.15) is 0 Å². The van der Waals surface area contributed by atoms with Crippen LogP contribution in [-0.2, 0) is 10.3 Å². The first-order chi connectivity index (χ1) is 9.40. The van der Waals surface area contributed by atoms with Gasteiger partial charge in [-0.1, -0.05) is 12.1 Å². The van der Waals surface area contributed by atoms with Gasteiger partial charge in [-0.15, -0.1) is 12.3 Å². The summed E-state index contributed by atoms with van der Waals surface area (Å²) >= 11 is 2.24. The lowest BCUT2D eigenvalue weighted by molar-refractivity contribution is -0.133. The number of carbonyl (C=O) groups excluding carboxylic acids is 1. The van der Waals surface area contributed by atoms with Gasteiger partial charge in [0.25, 0.3) is 0 Å². The molecular weight excluding hydrogens is 365 g/mol. The first-order valence-electron chi connectivity index (χ1n) is 6.22. The van der Waals surface area contributed by atoms with Crippen LogP contribution in [0.5, 0.6) is 0 Å². The summed E-state index contributed by atoms with van der Waals surface area (Å²) in [6.07, 6.45) is 5.76. The molecule has 1 aromatic rings. The van der Waals surface area contributed by atoms with Crippen LogP contribution < -0.4 is 5.73 Å². The van der Waals surface area contributed by atoms with Gasteiger partial charge >= 0.3 is 0 Å². The molecule has 104 valence electrons. The first-order valence-corrected chi connectivity index (χ1v) is 7.30. The minimum atomic E-state index is -0.721. The van der Waals surface area contributed by atoms with Crippen LogP contribution in [0.15, 0.2) is 29.3 Å². The number of hydrogen-bond donors (Lipinski definition) is 1. The van der Waals surface area contributed by atoms with E-state index >= 15 is 0 Å². The maximum absolute atomic E-state index is 12.5. The summed E-state index contributed by atoms with van der Waals surface area (Å²) in [6.45, 7) is 1.91. The van der Waals surface area contributed by atoms with Gasteiger partial charge in [0.05, 0.1) is 11.5 Å². The van der Waals surface area contributed by atoms with E-state index in [0.29, 0.717) is 6.42 Å². The molecule has 5 heteroatoms. The maximum Gasteiger partial charge on any atom is 0.235 e. The van der Waals surface area contributed by atoms with Gasteiger partial charge in [-0.05, 0) is 47.2 Å². The van der Waals surface area contributed by atoms with Gasteiger partial charge in [-0.3, -0.25) is 9.69 Å². The molecule has 0 unspecified atom stereocenters. The van der Waals surface area contributed by atoms with Crippen molar-refractivity contribution in [2.24, 2.45) is 16.6 Å². The van der Waals surface area contributed by atoms with Crippen molar-refractivity contribution in [3.8, 4) is 12.3 Å². The highest BCUT2D eigenvalue weighted by atomic mass is 127. The Morgan fingerprint density at radius 1 is 1.60 bits per heavy atom. The lowest BCUT2D eigenvalue weighted by Gasteiger charge is -2.40. The van der Waals surface area contributed by atoms with Crippen molar-refractivity contribution in [3.05, 3.63) is 33.4 Å². The van der Waals surface area contributed by atoms with Gasteiger partial charge in [0.15, 0.2) is 5.96 Å². The van der Waals surface area contributed by atoms with E-state index in [1.165, 1.54) is 4.90 Å². The number of nitrogens with zero attached hydrogens (tertiary/aromatic N) is 2. The van der Waals surface area contributed by atoms with E-state index in [1.54, 1.807) is 7.05 Å². The van der Waals surface area contributed by atoms with Crippen molar-refractivity contribution in [2.45, 2.75) is 18.9 Å². The Kier molecular flexibility index (Phi) is 4.04. The number of guanidine groups is 1. The molecule has 0 spiro atoms. The Morgan fingerprint density at radius 2 is 2.30 bits per heavy atom. The Hall–Kier alpha value is -1.55. The summed E-state index contributed by atoms with van der Waals surface area (Å²) in [5.41, 5.74) is 6.11. The molecule has 0 radical (unpaired) electrons. The zero-order chi connectivity index (χ0) is 14.9. The molecule has 0 bridgehead atoms. The molecule has 1 heterocycles. The normalized spacial score (nSPS) is 26.1. The Bertz CT molecular complexity index is 620. The number of rotatable bonds is 2. The van der Waals surface area contributed by atoms with Crippen molar-refractivity contribution in [2.75, 3.05) is 7.05 Å². The third-order valence-corrected chi connectivity index (χ3v) is 4.40. The molecule has 0 fully saturated rings. The van der Waals surface area contributed by atoms with Crippen molar-refractivity contribution < 1.29 is 4.79 Å². The number of aliphatic imine (C=N–C) groups is 1. The fourth-order valence-electron chi connectivity index (χ4n) is 2.45. The minimum Gasteiger partial charge on any atom is -0.369 e. The second-order valence-corrected chi connectivity index (χ2v) is 6.23. The largest absolute Gasteiger partial charge is 0.369 e. The summed E-state index contributed by atoms with van der Waals surface area (Å²) < 4.78 is 1.08.